The van der Waals surface area contributed by atoms with Crippen LogP contribution in [0.2, 0.25) is 0 Å². The van der Waals surface area contributed by atoms with Crippen molar-refractivity contribution >= 4 is 0 Å². The normalized spacial score (nSPS) is 38.4. The van der Waals surface area contributed by atoms with E-state index in [1.165, 1.54) is 18.6 Å². The molecule has 2 aliphatic heterocycles. The van der Waals surface area contributed by atoms with Crippen molar-refractivity contribution in [3.8, 4) is 0 Å². The fourth-order valence-electron chi connectivity index (χ4n) is 3.21. The first-order chi connectivity index (χ1) is 7.84. The van der Waals surface area contributed by atoms with Gasteiger partial charge in [0.2, 0.25) is 0 Å². The lowest BCUT2D eigenvalue weighted by molar-refractivity contribution is 0.229. The molecule has 3 unspecified atom stereocenters. The van der Waals surface area contributed by atoms with Crippen LogP contribution in [0.5, 0.6) is 0 Å². The van der Waals surface area contributed by atoms with Gasteiger partial charge in [0.25, 0.3) is 0 Å². The Morgan fingerprint density at radius 2 is 2.19 bits per heavy atom. The quantitative estimate of drug-likeness (QED) is 0.684. The zero-order chi connectivity index (χ0) is 11.0. The Labute approximate surface area is 97.8 Å². The highest BCUT2D eigenvalue weighted by molar-refractivity contribution is 5.25. The van der Waals surface area contributed by atoms with E-state index in [1.807, 2.05) is 0 Å². The molecule has 0 saturated heterocycles. The summed E-state index contributed by atoms with van der Waals surface area (Å²) in [7, 11) is 0. The van der Waals surface area contributed by atoms with Gasteiger partial charge < -0.3 is 10.1 Å². The summed E-state index contributed by atoms with van der Waals surface area (Å²) in [5.41, 5.74) is 1.57. The SMILES string of the molecule is CC1C=CC(C2NCCC3=C2CCO3)CC1. The third kappa shape index (κ3) is 1.80. The Morgan fingerprint density at radius 3 is 3.00 bits per heavy atom. The highest BCUT2D eigenvalue weighted by atomic mass is 16.5. The van der Waals surface area contributed by atoms with Gasteiger partial charge in [-0.3, -0.25) is 0 Å². The van der Waals surface area contributed by atoms with E-state index < -0.39 is 0 Å². The molecule has 0 amide bonds. The van der Waals surface area contributed by atoms with Crippen LogP contribution in [0.3, 0.4) is 0 Å². The van der Waals surface area contributed by atoms with Gasteiger partial charge in [-0.05, 0) is 30.3 Å². The molecular weight excluding hydrogens is 198 g/mol. The number of nitrogens with one attached hydrogen (secondary N) is 1. The molecule has 0 spiro atoms. The van der Waals surface area contributed by atoms with Crippen LogP contribution < -0.4 is 5.32 Å². The van der Waals surface area contributed by atoms with E-state index in [4.69, 9.17) is 4.74 Å². The summed E-state index contributed by atoms with van der Waals surface area (Å²) in [5.74, 6) is 2.77. The molecule has 88 valence electrons. The molecule has 0 aromatic rings. The van der Waals surface area contributed by atoms with E-state index in [0.717, 1.165) is 31.9 Å². The van der Waals surface area contributed by atoms with Gasteiger partial charge in [0.15, 0.2) is 0 Å². The van der Waals surface area contributed by atoms with Gasteiger partial charge >= 0.3 is 0 Å². The molecule has 16 heavy (non-hydrogen) atoms. The molecule has 0 fully saturated rings. The Hall–Kier alpha value is -0.760. The number of ether oxygens (including phenoxy) is 1. The van der Waals surface area contributed by atoms with Gasteiger partial charge in [0.05, 0.1) is 12.4 Å². The molecule has 0 aromatic carbocycles. The first-order valence-corrected chi connectivity index (χ1v) is 6.61. The second kappa shape index (κ2) is 4.25. The molecule has 3 atom stereocenters. The zero-order valence-corrected chi connectivity index (χ0v) is 10.0. The molecule has 0 radical (unpaired) electrons. The van der Waals surface area contributed by atoms with Crippen LogP contribution in [0, 0.1) is 11.8 Å². The molecule has 2 heterocycles. The Bertz CT molecular complexity index is 332. The predicted octanol–water partition coefficient (Wildman–Crippen LogP) is 2.63. The van der Waals surface area contributed by atoms with E-state index in [9.17, 15) is 0 Å². The molecule has 1 aliphatic carbocycles. The lowest BCUT2D eigenvalue weighted by atomic mass is 9.80. The zero-order valence-electron chi connectivity index (χ0n) is 10.0. The van der Waals surface area contributed by atoms with Gasteiger partial charge in [0, 0.05) is 25.4 Å². The average molecular weight is 219 g/mol. The van der Waals surface area contributed by atoms with Crippen LogP contribution in [0.15, 0.2) is 23.5 Å². The highest BCUT2D eigenvalue weighted by Crippen LogP contribution is 2.35. The van der Waals surface area contributed by atoms with Crippen molar-refractivity contribution < 1.29 is 4.74 Å². The summed E-state index contributed by atoms with van der Waals surface area (Å²) in [6, 6.07) is 0.565. The Morgan fingerprint density at radius 1 is 1.25 bits per heavy atom. The average Bonchev–Trinajstić information content (AvgIpc) is 2.78. The number of rotatable bonds is 1. The van der Waals surface area contributed by atoms with Crippen LogP contribution in [0.25, 0.3) is 0 Å². The predicted molar refractivity (Wildman–Crippen MR) is 65.0 cm³/mol. The van der Waals surface area contributed by atoms with E-state index in [-0.39, 0.29) is 0 Å². The minimum absolute atomic E-state index is 0.565. The third-order valence-electron chi connectivity index (χ3n) is 4.17. The van der Waals surface area contributed by atoms with E-state index in [2.05, 4.69) is 24.4 Å². The van der Waals surface area contributed by atoms with Gasteiger partial charge in [-0.1, -0.05) is 19.1 Å². The van der Waals surface area contributed by atoms with Crippen molar-refractivity contribution in [3.63, 3.8) is 0 Å². The van der Waals surface area contributed by atoms with Crippen molar-refractivity contribution in [2.45, 2.75) is 38.6 Å². The number of hydrogen-bond donors (Lipinski definition) is 1. The van der Waals surface area contributed by atoms with Crippen LogP contribution >= 0.6 is 0 Å². The molecule has 0 saturated carbocycles. The maximum atomic E-state index is 5.71. The van der Waals surface area contributed by atoms with Gasteiger partial charge in [-0.25, -0.2) is 0 Å². The number of allylic oxidation sites excluding steroid dienone is 1. The summed E-state index contributed by atoms with van der Waals surface area (Å²) in [5, 5.41) is 3.69. The summed E-state index contributed by atoms with van der Waals surface area (Å²) >= 11 is 0. The molecule has 2 heteroatoms. The fourth-order valence-corrected chi connectivity index (χ4v) is 3.21. The summed E-state index contributed by atoms with van der Waals surface area (Å²) in [4.78, 5) is 0. The third-order valence-corrected chi connectivity index (χ3v) is 4.17. The lowest BCUT2D eigenvalue weighted by Crippen LogP contribution is -2.41. The van der Waals surface area contributed by atoms with Crippen LogP contribution in [0.4, 0.5) is 0 Å². The molecular formula is C14H21NO. The smallest absolute Gasteiger partial charge is 0.0981 e. The topological polar surface area (TPSA) is 21.3 Å². The van der Waals surface area contributed by atoms with Gasteiger partial charge in [0.1, 0.15) is 0 Å². The van der Waals surface area contributed by atoms with Crippen LogP contribution in [-0.4, -0.2) is 19.2 Å². The second-order valence-electron chi connectivity index (χ2n) is 5.33. The molecule has 2 nitrogen and oxygen atoms in total. The first-order valence-electron chi connectivity index (χ1n) is 6.61. The van der Waals surface area contributed by atoms with E-state index in [0.29, 0.717) is 12.0 Å². The maximum Gasteiger partial charge on any atom is 0.0981 e. The molecule has 0 aromatic heterocycles. The van der Waals surface area contributed by atoms with E-state index in [1.54, 1.807) is 5.57 Å². The summed E-state index contributed by atoms with van der Waals surface area (Å²) in [6.07, 6.45) is 9.72. The minimum Gasteiger partial charge on any atom is -0.498 e. The maximum absolute atomic E-state index is 5.71. The van der Waals surface area contributed by atoms with Crippen molar-refractivity contribution in [2.75, 3.05) is 13.2 Å². The fraction of sp³-hybridized carbons (Fsp3) is 0.714. The van der Waals surface area contributed by atoms with Gasteiger partial charge in [-0.2, -0.15) is 0 Å². The van der Waals surface area contributed by atoms with E-state index >= 15 is 0 Å². The highest BCUT2D eigenvalue weighted by Gasteiger charge is 2.32. The second-order valence-corrected chi connectivity index (χ2v) is 5.33. The Balaban J connectivity index is 1.79. The van der Waals surface area contributed by atoms with Crippen LogP contribution in [-0.2, 0) is 4.74 Å². The minimum atomic E-state index is 0.565. The summed E-state index contributed by atoms with van der Waals surface area (Å²) < 4.78 is 5.71. The van der Waals surface area contributed by atoms with Crippen molar-refractivity contribution in [1.82, 2.24) is 5.32 Å². The van der Waals surface area contributed by atoms with Crippen molar-refractivity contribution in [3.05, 3.63) is 23.5 Å². The van der Waals surface area contributed by atoms with Crippen molar-refractivity contribution in [2.24, 2.45) is 11.8 Å². The number of hydrogen-bond acceptors (Lipinski definition) is 2. The standard InChI is InChI=1S/C14H21NO/c1-10-2-4-11(5-3-10)14-12-7-9-16-13(12)6-8-15-14/h2,4,10-11,14-15H,3,5-9H2,1H3. The largest absolute Gasteiger partial charge is 0.498 e. The molecule has 1 N–H and O–H groups in total. The molecule has 3 aliphatic rings. The Kier molecular flexibility index (Phi) is 2.76. The first kappa shape index (κ1) is 10.4. The lowest BCUT2D eigenvalue weighted by Gasteiger charge is -2.33. The van der Waals surface area contributed by atoms with Crippen LogP contribution in [0.1, 0.15) is 32.6 Å². The van der Waals surface area contributed by atoms with Crippen molar-refractivity contribution in [1.29, 1.82) is 0 Å². The van der Waals surface area contributed by atoms with Gasteiger partial charge in [-0.15, -0.1) is 0 Å². The molecule has 3 rings (SSSR count). The monoisotopic (exact) mass is 219 g/mol. The molecule has 0 bridgehead atoms. The summed E-state index contributed by atoms with van der Waals surface area (Å²) in [6.45, 7) is 4.31.